The van der Waals surface area contributed by atoms with Crippen molar-refractivity contribution in [1.82, 2.24) is 10.5 Å². The van der Waals surface area contributed by atoms with Gasteiger partial charge in [0.25, 0.3) is 0 Å². The summed E-state index contributed by atoms with van der Waals surface area (Å²) < 4.78 is 10.6. The van der Waals surface area contributed by atoms with Crippen LogP contribution in [0.4, 0.5) is 0 Å². The van der Waals surface area contributed by atoms with E-state index in [4.69, 9.17) is 9.26 Å². The maximum absolute atomic E-state index is 5.34. The molecule has 0 atom stereocenters. The van der Waals surface area contributed by atoms with Gasteiger partial charge in [0, 0.05) is 12.6 Å². The number of ether oxygens (including phenoxy) is 1. The summed E-state index contributed by atoms with van der Waals surface area (Å²) >= 11 is 0. The maximum Gasteiger partial charge on any atom is 0.150 e. The van der Waals surface area contributed by atoms with Crippen LogP contribution in [0, 0.1) is 13.8 Å². The molecule has 0 saturated carbocycles. The summed E-state index contributed by atoms with van der Waals surface area (Å²) in [5.41, 5.74) is 4.70. The van der Waals surface area contributed by atoms with Crippen molar-refractivity contribution in [2.24, 2.45) is 0 Å². The van der Waals surface area contributed by atoms with E-state index in [1.54, 1.807) is 7.11 Å². The van der Waals surface area contributed by atoms with Gasteiger partial charge >= 0.3 is 0 Å². The lowest BCUT2D eigenvalue weighted by Crippen LogP contribution is -2.13. The molecule has 0 bridgehead atoms. The second-order valence-electron chi connectivity index (χ2n) is 5.39. The monoisotopic (exact) mass is 288 g/mol. The van der Waals surface area contributed by atoms with Crippen LogP contribution in [-0.2, 0) is 19.5 Å². The van der Waals surface area contributed by atoms with Crippen LogP contribution >= 0.6 is 0 Å². The molecule has 1 aromatic carbocycles. The van der Waals surface area contributed by atoms with E-state index in [0.717, 1.165) is 42.2 Å². The first-order chi connectivity index (χ1) is 10.1. The Labute approximate surface area is 126 Å². The molecule has 4 nitrogen and oxygen atoms in total. The zero-order valence-electron chi connectivity index (χ0n) is 13.3. The number of methoxy groups -OCH3 is 1. The largest absolute Gasteiger partial charge is 0.496 e. The first-order valence-corrected chi connectivity index (χ1v) is 7.43. The van der Waals surface area contributed by atoms with Crippen LogP contribution in [-0.4, -0.2) is 12.3 Å². The molecule has 1 N–H and O–H groups in total. The number of nitrogens with zero attached hydrogens (tertiary/aromatic N) is 1. The van der Waals surface area contributed by atoms with Gasteiger partial charge < -0.3 is 14.6 Å². The Morgan fingerprint density at radius 2 is 1.95 bits per heavy atom. The minimum absolute atomic E-state index is 0.696. The zero-order valence-corrected chi connectivity index (χ0v) is 13.3. The summed E-state index contributed by atoms with van der Waals surface area (Å²) in [5.74, 6) is 1.83. The highest BCUT2D eigenvalue weighted by Crippen LogP contribution is 2.22. The third-order valence-electron chi connectivity index (χ3n) is 3.58. The molecule has 0 saturated heterocycles. The quantitative estimate of drug-likeness (QED) is 0.846. The Morgan fingerprint density at radius 3 is 2.67 bits per heavy atom. The molecule has 1 heterocycles. The minimum Gasteiger partial charge on any atom is -0.496 e. The summed E-state index contributed by atoms with van der Waals surface area (Å²) in [6.45, 7) is 7.81. The molecule has 0 radical (unpaired) electrons. The van der Waals surface area contributed by atoms with E-state index in [0.29, 0.717) is 6.54 Å². The fraction of sp³-hybridized carbons (Fsp3) is 0.471. The van der Waals surface area contributed by atoms with E-state index in [2.05, 4.69) is 43.4 Å². The fourth-order valence-corrected chi connectivity index (χ4v) is 2.39. The van der Waals surface area contributed by atoms with Gasteiger partial charge in [0.1, 0.15) is 5.75 Å². The van der Waals surface area contributed by atoms with Crippen LogP contribution in [0.1, 0.15) is 41.5 Å². The van der Waals surface area contributed by atoms with E-state index >= 15 is 0 Å². The summed E-state index contributed by atoms with van der Waals surface area (Å²) in [7, 11) is 1.71. The maximum atomic E-state index is 5.34. The predicted molar refractivity (Wildman–Crippen MR) is 83.5 cm³/mol. The standard InChI is InChI=1S/C17H24N2O2/c1-5-6-15-9-16(21-19-15)11-18-10-14-7-13(3)17(20-4)8-12(14)2/h7-9,18H,5-6,10-11H2,1-4H3. The lowest BCUT2D eigenvalue weighted by Gasteiger charge is -2.11. The van der Waals surface area contributed by atoms with E-state index < -0.39 is 0 Å². The van der Waals surface area contributed by atoms with E-state index in [9.17, 15) is 0 Å². The summed E-state index contributed by atoms with van der Waals surface area (Å²) in [6.07, 6.45) is 2.06. The normalized spacial score (nSPS) is 10.9. The smallest absolute Gasteiger partial charge is 0.150 e. The Bertz CT molecular complexity index is 590. The predicted octanol–water partition coefficient (Wildman–Crippen LogP) is 3.54. The topological polar surface area (TPSA) is 47.3 Å². The van der Waals surface area contributed by atoms with Crippen LogP contribution in [0.25, 0.3) is 0 Å². The number of rotatable bonds is 7. The molecule has 114 valence electrons. The van der Waals surface area contributed by atoms with Gasteiger partial charge in [-0.1, -0.05) is 24.6 Å². The first-order valence-electron chi connectivity index (χ1n) is 7.43. The number of hydrogen-bond acceptors (Lipinski definition) is 4. The van der Waals surface area contributed by atoms with E-state index in [1.165, 1.54) is 11.1 Å². The highest BCUT2D eigenvalue weighted by atomic mass is 16.5. The number of nitrogens with one attached hydrogen (secondary N) is 1. The number of aryl methyl sites for hydroxylation is 3. The molecular weight excluding hydrogens is 264 g/mol. The van der Waals surface area contributed by atoms with Gasteiger partial charge in [0.05, 0.1) is 19.3 Å². The van der Waals surface area contributed by atoms with Gasteiger partial charge in [-0.2, -0.15) is 0 Å². The molecule has 2 rings (SSSR count). The van der Waals surface area contributed by atoms with Crippen molar-refractivity contribution in [1.29, 1.82) is 0 Å². The average molecular weight is 288 g/mol. The number of hydrogen-bond donors (Lipinski definition) is 1. The molecule has 21 heavy (non-hydrogen) atoms. The summed E-state index contributed by atoms with van der Waals surface area (Å²) in [4.78, 5) is 0. The van der Waals surface area contributed by atoms with Gasteiger partial charge in [-0.15, -0.1) is 0 Å². The average Bonchev–Trinajstić information content (AvgIpc) is 2.90. The molecule has 2 aromatic rings. The van der Waals surface area contributed by atoms with Crippen LogP contribution in [0.15, 0.2) is 22.7 Å². The highest BCUT2D eigenvalue weighted by Gasteiger charge is 2.06. The van der Waals surface area contributed by atoms with Crippen molar-refractivity contribution >= 4 is 0 Å². The number of aromatic nitrogens is 1. The van der Waals surface area contributed by atoms with Crippen molar-refractivity contribution in [3.8, 4) is 5.75 Å². The molecule has 4 heteroatoms. The number of benzene rings is 1. The zero-order chi connectivity index (χ0) is 15.2. The fourth-order valence-electron chi connectivity index (χ4n) is 2.39. The molecule has 0 aliphatic carbocycles. The summed E-state index contributed by atoms with van der Waals surface area (Å²) in [6, 6.07) is 6.28. The third kappa shape index (κ3) is 4.08. The van der Waals surface area contributed by atoms with Crippen molar-refractivity contribution < 1.29 is 9.26 Å². The third-order valence-corrected chi connectivity index (χ3v) is 3.58. The lowest BCUT2D eigenvalue weighted by molar-refractivity contribution is 0.367. The Kier molecular flexibility index (Phi) is 5.39. The van der Waals surface area contributed by atoms with Gasteiger partial charge in [-0.3, -0.25) is 0 Å². The van der Waals surface area contributed by atoms with Crippen molar-refractivity contribution in [2.45, 2.75) is 46.7 Å². The van der Waals surface area contributed by atoms with Crippen LogP contribution in [0.5, 0.6) is 5.75 Å². The Hall–Kier alpha value is -1.81. The van der Waals surface area contributed by atoms with Crippen molar-refractivity contribution in [2.75, 3.05) is 7.11 Å². The molecule has 0 unspecified atom stereocenters. The Morgan fingerprint density at radius 1 is 1.14 bits per heavy atom. The Balaban J connectivity index is 1.92. The van der Waals surface area contributed by atoms with Crippen LogP contribution in [0.3, 0.4) is 0 Å². The second kappa shape index (κ2) is 7.27. The summed E-state index contributed by atoms with van der Waals surface area (Å²) in [5, 5.41) is 7.46. The van der Waals surface area contributed by atoms with Crippen LogP contribution in [0.2, 0.25) is 0 Å². The van der Waals surface area contributed by atoms with Gasteiger partial charge in [-0.25, -0.2) is 0 Å². The van der Waals surface area contributed by atoms with Crippen molar-refractivity contribution in [3.05, 3.63) is 46.3 Å². The SMILES string of the molecule is CCCc1cc(CNCc2cc(C)c(OC)cc2C)on1. The first kappa shape index (κ1) is 15.6. The minimum atomic E-state index is 0.696. The lowest BCUT2D eigenvalue weighted by atomic mass is 10.0. The molecule has 0 spiro atoms. The molecule has 0 aliphatic heterocycles. The van der Waals surface area contributed by atoms with E-state index in [1.807, 2.05) is 6.07 Å². The molecule has 0 aliphatic rings. The molecule has 1 aromatic heterocycles. The van der Waals surface area contributed by atoms with Gasteiger partial charge in [0.15, 0.2) is 5.76 Å². The molecule has 0 amide bonds. The van der Waals surface area contributed by atoms with Crippen LogP contribution < -0.4 is 10.1 Å². The van der Waals surface area contributed by atoms with Gasteiger partial charge in [0.2, 0.25) is 0 Å². The van der Waals surface area contributed by atoms with Crippen molar-refractivity contribution in [3.63, 3.8) is 0 Å². The van der Waals surface area contributed by atoms with E-state index in [-0.39, 0.29) is 0 Å². The second-order valence-corrected chi connectivity index (χ2v) is 5.39. The van der Waals surface area contributed by atoms with Gasteiger partial charge in [-0.05, 0) is 43.0 Å². The molecular formula is C17H24N2O2. The molecule has 0 fully saturated rings. The highest BCUT2D eigenvalue weighted by molar-refractivity contribution is 5.41.